The van der Waals surface area contributed by atoms with Crippen LogP contribution in [0.3, 0.4) is 0 Å². The molecule has 1 aromatic rings. The zero-order valence-electron chi connectivity index (χ0n) is 11.7. The Morgan fingerprint density at radius 2 is 1.91 bits per heavy atom. The summed E-state index contributed by atoms with van der Waals surface area (Å²) in [6, 6.07) is 4.23. The summed E-state index contributed by atoms with van der Waals surface area (Å²) in [7, 11) is 0. The number of hydrogen-bond acceptors (Lipinski definition) is 2. The standard InChI is InChI=1S/C14H16F3N3O2/c15-14(16,17)11-3-1-9(2-4-11)7-19-13(22)20-6-5-10(8-20)12(18)21/h1-4,10H,5-8H2,(H2,18,21)(H,19,22)/t10-/m1/s1. The van der Waals surface area contributed by atoms with Crippen molar-refractivity contribution in [3.63, 3.8) is 0 Å². The largest absolute Gasteiger partial charge is 0.416 e. The minimum absolute atomic E-state index is 0.120. The number of rotatable bonds is 3. The van der Waals surface area contributed by atoms with Gasteiger partial charge in [-0.25, -0.2) is 4.79 Å². The van der Waals surface area contributed by atoms with E-state index < -0.39 is 17.6 Å². The number of primary amides is 1. The Kier molecular flexibility index (Phi) is 4.58. The van der Waals surface area contributed by atoms with Gasteiger partial charge < -0.3 is 16.0 Å². The zero-order valence-corrected chi connectivity index (χ0v) is 11.7. The fourth-order valence-corrected chi connectivity index (χ4v) is 2.28. The maximum atomic E-state index is 12.4. The number of hydrogen-bond donors (Lipinski definition) is 2. The maximum Gasteiger partial charge on any atom is 0.416 e. The quantitative estimate of drug-likeness (QED) is 0.891. The van der Waals surface area contributed by atoms with Crippen molar-refractivity contribution in [1.82, 2.24) is 10.2 Å². The lowest BCUT2D eigenvalue weighted by molar-refractivity contribution is -0.137. The number of halogens is 3. The first kappa shape index (κ1) is 16.1. The van der Waals surface area contributed by atoms with E-state index in [1.54, 1.807) is 0 Å². The number of amides is 3. The molecule has 8 heteroatoms. The molecule has 0 unspecified atom stereocenters. The normalized spacial score (nSPS) is 18.3. The van der Waals surface area contributed by atoms with Gasteiger partial charge >= 0.3 is 12.2 Å². The molecular weight excluding hydrogens is 299 g/mol. The van der Waals surface area contributed by atoms with Crippen LogP contribution in [0.25, 0.3) is 0 Å². The van der Waals surface area contributed by atoms with Gasteiger partial charge in [0.05, 0.1) is 11.5 Å². The van der Waals surface area contributed by atoms with E-state index in [4.69, 9.17) is 5.73 Å². The second kappa shape index (κ2) is 6.25. The third kappa shape index (κ3) is 3.90. The van der Waals surface area contributed by atoms with E-state index in [0.717, 1.165) is 12.1 Å². The summed E-state index contributed by atoms with van der Waals surface area (Å²) >= 11 is 0. The smallest absolute Gasteiger partial charge is 0.369 e. The molecule has 1 aliphatic rings. The highest BCUT2D eigenvalue weighted by Crippen LogP contribution is 2.29. The molecule has 0 saturated carbocycles. The summed E-state index contributed by atoms with van der Waals surface area (Å²) < 4.78 is 37.3. The second-order valence-corrected chi connectivity index (χ2v) is 5.19. The van der Waals surface area contributed by atoms with Gasteiger partial charge in [0, 0.05) is 19.6 Å². The molecule has 2 rings (SSSR count). The molecule has 0 radical (unpaired) electrons. The lowest BCUT2D eigenvalue weighted by atomic mass is 10.1. The van der Waals surface area contributed by atoms with Crippen LogP contribution in [0.1, 0.15) is 17.5 Å². The van der Waals surface area contributed by atoms with Crippen LogP contribution in [-0.2, 0) is 17.5 Å². The summed E-state index contributed by atoms with van der Waals surface area (Å²) in [5, 5.41) is 2.61. The maximum absolute atomic E-state index is 12.4. The fraction of sp³-hybridized carbons (Fsp3) is 0.429. The van der Waals surface area contributed by atoms with E-state index in [2.05, 4.69) is 5.32 Å². The van der Waals surface area contributed by atoms with E-state index in [0.29, 0.717) is 18.5 Å². The molecule has 120 valence electrons. The Hall–Kier alpha value is -2.25. The van der Waals surface area contributed by atoms with Gasteiger partial charge in [-0.2, -0.15) is 13.2 Å². The molecule has 5 nitrogen and oxygen atoms in total. The topological polar surface area (TPSA) is 75.4 Å². The van der Waals surface area contributed by atoms with Gasteiger partial charge in [0.2, 0.25) is 5.91 Å². The van der Waals surface area contributed by atoms with Gasteiger partial charge in [-0.1, -0.05) is 12.1 Å². The minimum atomic E-state index is -4.37. The Morgan fingerprint density at radius 3 is 2.41 bits per heavy atom. The lowest BCUT2D eigenvalue weighted by Gasteiger charge is -2.17. The number of nitrogens with zero attached hydrogens (tertiary/aromatic N) is 1. The van der Waals surface area contributed by atoms with Crippen molar-refractivity contribution >= 4 is 11.9 Å². The number of carbonyl (C=O) groups excluding carboxylic acids is 2. The fourth-order valence-electron chi connectivity index (χ4n) is 2.28. The molecule has 3 N–H and O–H groups in total. The summed E-state index contributed by atoms with van der Waals surface area (Å²) in [6.07, 6.45) is -3.84. The first-order valence-corrected chi connectivity index (χ1v) is 6.75. The number of benzene rings is 1. The highest BCUT2D eigenvalue weighted by molar-refractivity contribution is 5.80. The van der Waals surface area contributed by atoms with Crippen LogP contribution < -0.4 is 11.1 Å². The van der Waals surface area contributed by atoms with Crippen LogP contribution in [0.5, 0.6) is 0 Å². The molecule has 1 aliphatic heterocycles. The molecule has 0 aromatic heterocycles. The van der Waals surface area contributed by atoms with Crippen molar-refractivity contribution < 1.29 is 22.8 Å². The van der Waals surface area contributed by atoms with Crippen molar-refractivity contribution in [3.8, 4) is 0 Å². The van der Waals surface area contributed by atoms with Gasteiger partial charge in [0.25, 0.3) is 0 Å². The lowest BCUT2D eigenvalue weighted by Crippen LogP contribution is -2.39. The van der Waals surface area contributed by atoms with Gasteiger partial charge in [-0.05, 0) is 24.1 Å². The molecule has 1 heterocycles. The van der Waals surface area contributed by atoms with Crippen LogP contribution >= 0.6 is 0 Å². The molecule has 0 aliphatic carbocycles. The van der Waals surface area contributed by atoms with E-state index in [1.165, 1.54) is 17.0 Å². The number of likely N-dealkylation sites (tertiary alicyclic amines) is 1. The molecular formula is C14H16F3N3O2. The van der Waals surface area contributed by atoms with Crippen LogP contribution in [0, 0.1) is 5.92 Å². The number of nitrogens with one attached hydrogen (secondary N) is 1. The third-order valence-electron chi connectivity index (χ3n) is 3.60. The summed E-state index contributed by atoms with van der Waals surface area (Å²) in [5.41, 5.74) is 5.02. The number of urea groups is 1. The molecule has 3 amide bonds. The zero-order chi connectivity index (χ0) is 16.3. The van der Waals surface area contributed by atoms with Crippen LogP contribution in [0.2, 0.25) is 0 Å². The Morgan fingerprint density at radius 1 is 1.27 bits per heavy atom. The molecule has 22 heavy (non-hydrogen) atoms. The average molecular weight is 315 g/mol. The van der Waals surface area contributed by atoms with E-state index in [-0.39, 0.29) is 25.0 Å². The highest BCUT2D eigenvalue weighted by atomic mass is 19.4. The average Bonchev–Trinajstić information content (AvgIpc) is 2.94. The van der Waals surface area contributed by atoms with Crippen molar-refractivity contribution in [2.45, 2.75) is 19.1 Å². The van der Waals surface area contributed by atoms with Crippen LogP contribution in [0.4, 0.5) is 18.0 Å². The summed E-state index contributed by atoms with van der Waals surface area (Å²) in [6.45, 7) is 0.829. The predicted molar refractivity (Wildman–Crippen MR) is 72.6 cm³/mol. The Labute approximate surface area is 125 Å². The number of alkyl halides is 3. The molecule has 1 aromatic carbocycles. The molecule has 1 saturated heterocycles. The van der Waals surface area contributed by atoms with Gasteiger partial charge in [0.1, 0.15) is 0 Å². The predicted octanol–water partition coefficient (Wildman–Crippen LogP) is 1.72. The van der Waals surface area contributed by atoms with Crippen molar-refractivity contribution in [2.75, 3.05) is 13.1 Å². The van der Waals surface area contributed by atoms with Crippen molar-refractivity contribution in [2.24, 2.45) is 11.7 Å². The number of carbonyl (C=O) groups is 2. The number of nitrogens with two attached hydrogens (primary N) is 1. The first-order valence-electron chi connectivity index (χ1n) is 6.75. The monoisotopic (exact) mass is 315 g/mol. The Bertz CT molecular complexity index is 557. The summed E-state index contributed by atoms with van der Waals surface area (Å²) in [4.78, 5) is 24.4. The SMILES string of the molecule is NC(=O)[C@@H]1CCN(C(=O)NCc2ccc(C(F)(F)F)cc2)C1. The van der Waals surface area contributed by atoms with Crippen LogP contribution in [-0.4, -0.2) is 29.9 Å². The molecule has 0 spiro atoms. The summed E-state index contributed by atoms with van der Waals surface area (Å²) in [5.74, 6) is -0.769. The van der Waals surface area contributed by atoms with E-state index in [1.807, 2.05) is 0 Å². The third-order valence-corrected chi connectivity index (χ3v) is 3.60. The van der Waals surface area contributed by atoms with E-state index in [9.17, 15) is 22.8 Å². The van der Waals surface area contributed by atoms with Gasteiger partial charge in [-0.3, -0.25) is 4.79 Å². The van der Waals surface area contributed by atoms with E-state index >= 15 is 0 Å². The van der Waals surface area contributed by atoms with Crippen LogP contribution in [0.15, 0.2) is 24.3 Å². The van der Waals surface area contributed by atoms with Crippen molar-refractivity contribution in [1.29, 1.82) is 0 Å². The highest BCUT2D eigenvalue weighted by Gasteiger charge is 2.30. The molecule has 1 atom stereocenters. The Balaban J connectivity index is 1.85. The van der Waals surface area contributed by atoms with Gasteiger partial charge in [0.15, 0.2) is 0 Å². The first-order chi connectivity index (χ1) is 10.3. The molecule has 0 bridgehead atoms. The minimum Gasteiger partial charge on any atom is -0.369 e. The second-order valence-electron chi connectivity index (χ2n) is 5.19. The van der Waals surface area contributed by atoms with Crippen molar-refractivity contribution in [3.05, 3.63) is 35.4 Å². The molecule has 1 fully saturated rings. The van der Waals surface area contributed by atoms with Gasteiger partial charge in [-0.15, -0.1) is 0 Å².